The van der Waals surface area contributed by atoms with Gasteiger partial charge in [-0.1, -0.05) is 35.0 Å². The van der Waals surface area contributed by atoms with Crippen LogP contribution in [-0.4, -0.2) is 34.4 Å². The molecule has 0 saturated carbocycles. The highest BCUT2D eigenvalue weighted by Gasteiger charge is 2.47. The quantitative estimate of drug-likeness (QED) is 0.306. The lowest BCUT2D eigenvalue weighted by Gasteiger charge is -2.34. The van der Waals surface area contributed by atoms with Crippen LogP contribution in [-0.2, 0) is 17.6 Å². The smallest absolute Gasteiger partial charge is 0.410 e. The van der Waals surface area contributed by atoms with E-state index in [2.05, 4.69) is 38.6 Å². The second kappa shape index (κ2) is 10.4. The van der Waals surface area contributed by atoms with Crippen LogP contribution in [0.3, 0.4) is 0 Å². The van der Waals surface area contributed by atoms with E-state index < -0.39 is 30.1 Å². The third-order valence-corrected chi connectivity index (χ3v) is 8.67. The molecule has 1 aromatic carbocycles. The Morgan fingerprint density at radius 3 is 2.71 bits per heavy atom. The van der Waals surface area contributed by atoms with Crippen LogP contribution in [0.1, 0.15) is 75.5 Å². The van der Waals surface area contributed by atoms with Crippen molar-refractivity contribution in [2.45, 2.75) is 57.8 Å². The van der Waals surface area contributed by atoms with Gasteiger partial charge in [-0.15, -0.1) is 11.3 Å². The molecule has 1 aliphatic heterocycles. The molecule has 0 fully saturated rings. The van der Waals surface area contributed by atoms with E-state index >= 15 is 0 Å². The zero-order chi connectivity index (χ0) is 27.2. The number of carbonyl (C=O) groups excluding carboxylic acids is 2. The van der Waals surface area contributed by atoms with Crippen molar-refractivity contribution in [3.8, 4) is 0 Å². The Hall–Kier alpha value is -2.86. The lowest BCUT2D eigenvalue weighted by atomic mass is 9.88. The fraction of sp³-hybridized carbons (Fsp3) is 0.423. The van der Waals surface area contributed by atoms with E-state index in [4.69, 9.17) is 4.74 Å². The highest BCUT2D eigenvalue weighted by Crippen LogP contribution is 2.45. The van der Waals surface area contributed by atoms with Crippen LogP contribution in [0, 0.1) is 5.92 Å². The van der Waals surface area contributed by atoms with Gasteiger partial charge in [0, 0.05) is 15.8 Å². The first-order chi connectivity index (χ1) is 18.1. The number of hydrogen-bond acceptors (Lipinski definition) is 6. The molecule has 5 rings (SSSR count). The summed E-state index contributed by atoms with van der Waals surface area (Å²) in [5, 5.41) is 10.2. The summed E-state index contributed by atoms with van der Waals surface area (Å²) in [6, 6.07) is 4.41. The number of halogens is 4. The van der Waals surface area contributed by atoms with Crippen molar-refractivity contribution in [2.75, 3.05) is 17.2 Å². The van der Waals surface area contributed by atoms with Gasteiger partial charge in [-0.3, -0.25) is 4.79 Å². The summed E-state index contributed by atoms with van der Waals surface area (Å²) >= 11 is 4.67. The molecule has 38 heavy (non-hydrogen) atoms. The Bertz CT molecular complexity index is 1370. The first kappa shape index (κ1) is 26.7. The highest BCUT2D eigenvalue weighted by atomic mass is 79.9. The summed E-state index contributed by atoms with van der Waals surface area (Å²) < 4.78 is 49.1. The SMILES string of the molecule is CCOC(=O)c1c(NC(=O)c2cnn3c2N[C@H](c2ccc(Br)cc2)C[C@@H]3C(F)(F)F)sc2c1CC[C@@H](C)C2. The predicted octanol–water partition coefficient (Wildman–Crippen LogP) is 6.92. The number of thiophene rings is 1. The third kappa shape index (κ3) is 5.07. The number of nitrogens with zero attached hydrogens (tertiary/aromatic N) is 2. The van der Waals surface area contributed by atoms with Crippen molar-refractivity contribution in [3.05, 3.63) is 62.1 Å². The molecule has 3 heterocycles. The highest BCUT2D eigenvalue weighted by molar-refractivity contribution is 9.10. The molecular weight excluding hydrogens is 585 g/mol. The average molecular weight is 611 g/mol. The number of ether oxygens (including phenoxy) is 1. The fourth-order valence-corrected chi connectivity index (χ4v) is 6.73. The molecule has 7 nitrogen and oxygen atoms in total. The van der Waals surface area contributed by atoms with Gasteiger partial charge in [-0.25, -0.2) is 9.48 Å². The molecule has 2 aliphatic rings. The van der Waals surface area contributed by atoms with Gasteiger partial charge < -0.3 is 15.4 Å². The van der Waals surface area contributed by atoms with E-state index in [0.717, 1.165) is 38.6 Å². The molecule has 2 aromatic heterocycles. The van der Waals surface area contributed by atoms with Gasteiger partial charge in [-0.05, 0) is 55.4 Å². The van der Waals surface area contributed by atoms with Crippen molar-refractivity contribution < 1.29 is 27.5 Å². The number of anilines is 2. The van der Waals surface area contributed by atoms with Gasteiger partial charge in [0.1, 0.15) is 16.4 Å². The maximum atomic E-state index is 14.1. The summed E-state index contributed by atoms with van der Waals surface area (Å²) in [4.78, 5) is 27.3. The van der Waals surface area contributed by atoms with Crippen molar-refractivity contribution in [2.24, 2.45) is 5.92 Å². The average Bonchev–Trinajstić information content (AvgIpc) is 3.44. The van der Waals surface area contributed by atoms with Crippen LogP contribution < -0.4 is 10.6 Å². The first-order valence-electron chi connectivity index (χ1n) is 12.4. The number of fused-ring (bicyclic) bond motifs is 2. The van der Waals surface area contributed by atoms with Crippen molar-refractivity contribution in [3.63, 3.8) is 0 Å². The summed E-state index contributed by atoms with van der Waals surface area (Å²) in [6.45, 7) is 4.03. The van der Waals surface area contributed by atoms with Crippen LogP contribution in [0.15, 0.2) is 34.9 Å². The molecule has 12 heteroatoms. The molecule has 0 bridgehead atoms. The van der Waals surface area contributed by atoms with E-state index in [-0.39, 0.29) is 24.4 Å². The summed E-state index contributed by atoms with van der Waals surface area (Å²) in [5.41, 5.74) is 1.84. The van der Waals surface area contributed by atoms with Crippen molar-refractivity contribution >= 4 is 50.0 Å². The summed E-state index contributed by atoms with van der Waals surface area (Å²) in [7, 11) is 0. The van der Waals surface area contributed by atoms with Crippen LogP contribution in [0.25, 0.3) is 0 Å². The molecular formula is C26H26BrF3N4O3S. The van der Waals surface area contributed by atoms with Crippen LogP contribution in [0.4, 0.5) is 24.0 Å². The normalized spacial score (nSPS) is 20.7. The molecule has 0 unspecified atom stereocenters. The number of benzene rings is 1. The van der Waals surface area contributed by atoms with E-state index in [0.29, 0.717) is 28.5 Å². The number of aromatic nitrogens is 2. The van der Waals surface area contributed by atoms with Gasteiger partial charge >= 0.3 is 12.1 Å². The zero-order valence-corrected chi connectivity index (χ0v) is 23.1. The van der Waals surface area contributed by atoms with E-state index in [9.17, 15) is 22.8 Å². The molecule has 3 aromatic rings. The minimum absolute atomic E-state index is 0.0170. The van der Waals surface area contributed by atoms with Gasteiger partial charge in [0.25, 0.3) is 5.91 Å². The number of rotatable bonds is 5. The molecule has 1 aliphatic carbocycles. The lowest BCUT2D eigenvalue weighted by molar-refractivity contribution is -0.173. The van der Waals surface area contributed by atoms with Gasteiger partial charge in [0.05, 0.1) is 24.4 Å². The minimum atomic E-state index is -4.56. The Morgan fingerprint density at radius 1 is 1.29 bits per heavy atom. The number of esters is 1. The van der Waals surface area contributed by atoms with Crippen molar-refractivity contribution in [1.29, 1.82) is 0 Å². The standard InChI is InChI=1S/C26H26BrF3N4O3S/c1-3-37-25(36)21-16-9-4-13(2)10-19(16)38-24(21)33-23(35)17-12-31-34-20(26(28,29)30)11-18(32-22(17)34)14-5-7-15(27)8-6-14/h5-8,12-13,18,20,32H,3-4,9-11H2,1-2H3,(H,33,35)/t13-,18+,20-/m1/s1. The van der Waals surface area contributed by atoms with Gasteiger partial charge in [0.2, 0.25) is 0 Å². The maximum absolute atomic E-state index is 14.1. The summed E-state index contributed by atoms with van der Waals surface area (Å²) in [5.74, 6) is -0.733. The van der Waals surface area contributed by atoms with E-state index in [1.54, 1.807) is 31.2 Å². The van der Waals surface area contributed by atoms with Crippen molar-refractivity contribution in [1.82, 2.24) is 9.78 Å². The second-order valence-electron chi connectivity index (χ2n) is 9.62. The molecule has 1 amide bonds. The molecule has 202 valence electrons. The Balaban J connectivity index is 1.49. The summed E-state index contributed by atoms with van der Waals surface area (Å²) in [6.07, 6.45) is -1.30. The predicted molar refractivity (Wildman–Crippen MR) is 142 cm³/mol. The number of carbonyl (C=O) groups is 2. The van der Waals surface area contributed by atoms with E-state index in [1.165, 1.54) is 11.3 Å². The van der Waals surface area contributed by atoms with Gasteiger partial charge in [-0.2, -0.15) is 18.3 Å². The van der Waals surface area contributed by atoms with Crippen LogP contribution in [0.2, 0.25) is 0 Å². The number of hydrogen-bond donors (Lipinski definition) is 2. The number of nitrogens with one attached hydrogen (secondary N) is 2. The molecule has 2 N–H and O–H groups in total. The Labute approximate surface area is 229 Å². The zero-order valence-electron chi connectivity index (χ0n) is 20.7. The molecule has 3 atom stereocenters. The topological polar surface area (TPSA) is 85.2 Å². The van der Waals surface area contributed by atoms with Gasteiger partial charge in [0.15, 0.2) is 6.04 Å². The number of amides is 1. The third-order valence-electron chi connectivity index (χ3n) is 6.97. The minimum Gasteiger partial charge on any atom is -0.462 e. The maximum Gasteiger partial charge on any atom is 0.410 e. The lowest BCUT2D eigenvalue weighted by Crippen LogP contribution is -2.36. The Morgan fingerprint density at radius 2 is 2.03 bits per heavy atom. The van der Waals surface area contributed by atoms with Crippen LogP contribution >= 0.6 is 27.3 Å². The largest absolute Gasteiger partial charge is 0.462 e. The fourth-order valence-electron chi connectivity index (χ4n) is 5.07. The molecule has 0 radical (unpaired) electrons. The molecule has 0 spiro atoms. The van der Waals surface area contributed by atoms with E-state index in [1.807, 2.05) is 0 Å². The molecule has 0 saturated heterocycles. The first-order valence-corrected chi connectivity index (χ1v) is 14.0. The Kier molecular flexibility index (Phi) is 7.29. The monoisotopic (exact) mass is 610 g/mol. The number of alkyl halides is 3. The van der Waals surface area contributed by atoms with Crippen LogP contribution in [0.5, 0.6) is 0 Å². The second-order valence-corrected chi connectivity index (χ2v) is 11.6.